The lowest BCUT2D eigenvalue weighted by molar-refractivity contribution is -0.174. The van der Waals surface area contributed by atoms with Gasteiger partial charge in [0.05, 0.1) is 6.54 Å². The van der Waals surface area contributed by atoms with Gasteiger partial charge in [-0.15, -0.1) is 0 Å². The number of hydrogen-bond donors (Lipinski definition) is 1. The van der Waals surface area contributed by atoms with Crippen LogP contribution >= 0.6 is 0 Å². The summed E-state index contributed by atoms with van der Waals surface area (Å²) in [6.45, 7) is 6.38. The lowest BCUT2D eigenvalue weighted by Gasteiger charge is -2.22. The molecule has 1 saturated heterocycles. The second kappa shape index (κ2) is 4.78. The highest BCUT2D eigenvalue weighted by Gasteiger charge is 2.41. The van der Waals surface area contributed by atoms with E-state index in [1.165, 1.54) is 4.90 Å². The Balaban J connectivity index is 2.47. The standard InChI is InChI=1S/C11H17F3N2O2/c1-7-5-16(6-10(7,2)3)8(17)4-15-9(18)11(12,13)14/h7H,4-6H2,1-3H3,(H,15,18). The summed E-state index contributed by atoms with van der Waals surface area (Å²) in [7, 11) is 0. The first-order chi connectivity index (χ1) is 8.04. The predicted molar refractivity (Wildman–Crippen MR) is 58.6 cm³/mol. The van der Waals surface area contributed by atoms with Crippen molar-refractivity contribution < 1.29 is 22.8 Å². The minimum atomic E-state index is -4.95. The normalized spacial score (nSPS) is 23.0. The predicted octanol–water partition coefficient (Wildman–Crippen LogP) is 1.17. The zero-order chi connectivity index (χ0) is 14.1. The molecular weight excluding hydrogens is 249 g/mol. The summed E-state index contributed by atoms with van der Waals surface area (Å²) in [5, 5.41) is 1.59. The quantitative estimate of drug-likeness (QED) is 0.815. The van der Waals surface area contributed by atoms with Crippen molar-refractivity contribution in [2.45, 2.75) is 26.9 Å². The van der Waals surface area contributed by atoms with Gasteiger partial charge in [0.15, 0.2) is 0 Å². The van der Waals surface area contributed by atoms with Crippen LogP contribution in [0.2, 0.25) is 0 Å². The van der Waals surface area contributed by atoms with E-state index in [-0.39, 0.29) is 11.3 Å². The number of nitrogens with one attached hydrogen (secondary N) is 1. The molecule has 0 saturated carbocycles. The van der Waals surface area contributed by atoms with Crippen LogP contribution in [-0.2, 0) is 9.59 Å². The fraction of sp³-hybridized carbons (Fsp3) is 0.818. The summed E-state index contributed by atoms with van der Waals surface area (Å²) in [6, 6.07) is 0. The first-order valence-corrected chi connectivity index (χ1v) is 5.67. The summed E-state index contributed by atoms with van der Waals surface area (Å²) in [4.78, 5) is 23.7. The molecule has 0 bridgehead atoms. The van der Waals surface area contributed by atoms with Gasteiger partial charge in [-0.3, -0.25) is 9.59 Å². The average molecular weight is 266 g/mol. The van der Waals surface area contributed by atoms with Gasteiger partial charge in [-0.05, 0) is 11.3 Å². The van der Waals surface area contributed by atoms with Crippen LogP contribution in [0.25, 0.3) is 0 Å². The highest BCUT2D eigenvalue weighted by molar-refractivity contribution is 5.87. The molecule has 2 amide bonds. The number of amides is 2. The van der Waals surface area contributed by atoms with Crippen molar-refractivity contribution in [3.8, 4) is 0 Å². The van der Waals surface area contributed by atoms with Crippen LogP contribution in [0, 0.1) is 11.3 Å². The maximum atomic E-state index is 11.9. The van der Waals surface area contributed by atoms with E-state index in [9.17, 15) is 22.8 Å². The van der Waals surface area contributed by atoms with Crippen molar-refractivity contribution in [3.63, 3.8) is 0 Å². The Morgan fingerprint density at radius 1 is 1.39 bits per heavy atom. The van der Waals surface area contributed by atoms with E-state index in [1.807, 2.05) is 20.8 Å². The van der Waals surface area contributed by atoms with Gasteiger partial charge < -0.3 is 10.2 Å². The van der Waals surface area contributed by atoms with Crippen LogP contribution in [0.3, 0.4) is 0 Å². The SMILES string of the molecule is CC1CN(C(=O)CNC(=O)C(F)(F)F)CC1(C)C. The van der Waals surface area contributed by atoms with E-state index in [4.69, 9.17) is 0 Å². The smallest absolute Gasteiger partial charge is 0.340 e. The molecule has 0 radical (unpaired) electrons. The van der Waals surface area contributed by atoms with Gasteiger partial charge in [0.1, 0.15) is 0 Å². The van der Waals surface area contributed by atoms with Gasteiger partial charge in [0.25, 0.3) is 0 Å². The molecule has 7 heteroatoms. The molecule has 1 atom stereocenters. The second-order valence-corrected chi connectivity index (χ2v) is 5.34. The van der Waals surface area contributed by atoms with E-state index < -0.39 is 24.5 Å². The third kappa shape index (κ3) is 3.36. The van der Waals surface area contributed by atoms with Crippen molar-refractivity contribution in [1.29, 1.82) is 0 Å². The number of carbonyl (C=O) groups excluding carboxylic acids is 2. The molecule has 0 aromatic carbocycles. The van der Waals surface area contributed by atoms with E-state index in [1.54, 1.807) is 5.32 Å². The fourth-order valence-electron chi connectivity index (χ4n) is 1.85. The van der Waals surface area contributed by atoms with Gasteiger partial charge in [-0.25, -0.2) is 0 Å². The number of halogens is 3. The van der Waals surface area contributed by atoms with Crippen LogP contribution in [0.5, 0.6) is 0 Å². The van der Waals surface area contributed by atoms with E-state index in [0.29, 0.717) is 13.1 Å². The van der Waals surface area contributed by atoms with E-state index >= 15 is 0 Å². The number of alkyl halides is 3. The number of hydrogen-bond acceptors (Lipinski definition) is 2. The maximum absolute atomic E-state index is 11.9. The molecule has 1 heterocycles. The molecule has 1 unspecified atom stereocenters. The largest absolute Gasteiger partial charge is 0.471 e. The van der Waals surface area contributed by atoms with Crippen molar-refractivity contribution >= 4 is 11.8 Å². The van der Waals surface area contributed by atoms with Crippen molar-refractivity contribution in [2.75, 3.05) is 19.6 Å². The molecule has 1 N–H and O–H groups in total. The number of rotatable bonds is 2. The van der Waals surface area contributed by atoms with E-state index in [2.05, 4.69) is 0 Å². The summed E-state index contributed by atoms with van der Waals surface area (Å²) < 4.78 is 35.8. The Kier molecular flexibility index (Phi) is 3.92. The molecule has 0 aliphatic carbocycles. The summed E-state index contributed by atoms with van der Waals surface area (Å²) in [5.74, 6) is -2.29. The molecule has 104 valence electrons. The van der Waals surface area contributed by atoms with Gasteiger partial charge in [-0.1, -0.05) is 20.8 Å². The number of likely N-dealkylation sites (tertiary alicyclic amines) is 1. The Morgan fingerprint density at radius 2 is 1.94 bits per heavy atom. The summed E-state index contributed by atoms with van der Waals surface area (Å²) in [5.41, 5.74) is -0.0519. The van der Waals surface area contributed by atoms with Crippen molar-refractivity contribution in [3.05, 3.63) is 0 Å². The van der Waals surface area contributed by atoms with Crippen LogP contribution < -0.4 is 5.32 Å². The van der Waals surface area contributed by atoms with E-state index in [0.717, 1.165) is 0 Å². The number of carbonyl (C=O) groups is 2. The first-order valence-electron chi connectivity index (χ1n) is 5.67. The minimum absolute atomic E-state index is 0.0519. The average Bonchev–Trinajstić information content (AvgIpc) is 2.48. The van der Waals surface area contributed by atoms with Crippen molar-refractivity contribution in [1.82, 2.24) is 10.2 Å². The molecule has 0 aromatic rings. The monoisotopic (exact) mass is 266 g/mol. The maximum Gasteiger partial charge on any atom is 0.471 e. The molecule has 1 fully saturated rings. The Hall–Kier alpha value is -1.27. The Bertz CT molecular complexity index is 353. The van der Waals surface area contributed by atoms with Crippen molar-refractivity contribution in [2.24, 2.45) is 11.3 Å². The zero-order valence-electron chi connectivity index (χ0n) is 10.6. The highest BCUT2D eigenvalue weighted by atomic mass is 19.4. The lowest BCUT2D eigenvalue weighted by atomic mass is 9.84. The topological polar surface area (TPSA) is 49.4 Å². The fourth-order valence-corrected chi connectivity index (χ4v) is 1.85. The van der Waals surface area contributed by atoms with Crippen LogP contribution in [0.15, 0.2) is 0 Å². The minimum Gasteiger partial charge on any atom is -0.340 e. The second-order valence-electron chi connectivity index (χ2n) is 5.34. The van der Waals surface area contributed by atoms with Gasteiger partial charge in [0, 0.05) is 13.1 Å². The molecule has 1 aliphatic rings. The third-order valence-corrected chi connectivity index (χ3v) is 3.44. The molecule has 0 aromatic heterocycles. The number of nitrogens with zero attached hydrogens (tertiary/aromatic N) is 1. The summed E-state index contributed by atoms with van der Waals surface area (Å²) in [6.07, 6.45) is -4.95. The highest BCUT2D eigenvalue weighted by Crippen LogP contribution is 2.34. The van der Waals surface area contributed by atoms with Crippen LogP contribution in [0.1, 0.15) is 20.8 Å². The third-order valence-electron chi connectivity index (χ3n) is 3.44. The van der Waals surface area contributed by atoms with Crippen LogP contribution in [0.4, 0.5) is 13.2 Å². The zero-order valence-corrected chi connectivity index (χ0v) is 10.6. The van der Waals surface area contributed by atoms with Gasteiger partial charge >= 0.3 is 12.1 Å². The van der Waals surface area contributed by atoms with Gasteiger partial charge in [-0.2, -0.15) is 13.2 Å². The molecular formula is C11H17F3N2O2. The molecule has 4 nitrogen and oxygen atoms in total. The molecule has 0 spiro atoms. The molecule has 1 rings (SSSR count). The Morgan fingerprint density at radius 3 is 2.33 bits per heavy atom. The van der Waals surface area contributed by atoms with Crippen LogP contribution in [-0.4, -0.2) is 42.5 Å². The molecule has 18 heavy (non-hydrogen) atoms. The summed E-state index contributed by atoms with van der Waals surface area (Å²) >= 11 is 0. The lowest BCUT2D eigenvalue weighted by Crippen LogP contribution is -2.44. The Labute approximate surface area is 104 Å². The van der Waals surface area contributed by atoms with Gasteiger partial charge in [0.2, 0.25) is 5.91 Å². The molecule has 1 aliphatic heterocycles. The first kappa shape index (κ1) is 14.8.